The highest BCUT2D eigenvalue weighted by Crippen LogP contribution is 2.47. The first-order valence-corrected chi connectivity index (χ1v) is 13.7. The van der Waals surface area contributed by atoms with E-state index < -0.39 is 12.3 Å². The van der Waals surface area contributed by atoms with Crippen molar-refractivity contribution in [1.29, 1.82) is 5.26 Å². The van der Waals surface area contributed by atoms with E-state index in [4.69, 9.17) is 7.16 Å². The molecule has 3 heteroatoms. The van der Waals surface area contributed by atoms with Crippen LogP contribution in [0.1, 0.15) is 70.8 Å². The number of fused-ring (bicyclic) bond motifs is 4. The van der Waals surface area contributed by atoms with Crippen LogP contribution >= 0.6 is 0 Å². The predicted molar refractivity (Wildman–Crippen MR) is 153 cm³/mol. The molecular weight excluding hydrogens is 464 g/mol. The molecule has 1 unspecified atom stereocenters. The summed E-state index contributed by atoms with van der Waals surface area (Å²) in [5.41, 5.74) is 7.88. The van der Waals surface area contributed by atoms with Gasteiger partial charge >= 0.3 is 0 Å². The molecule has 0 saturated heterocycles. The summed E-state index contributed by atoms with van der Waals surface area (Å²) in [7, 11) is 2.02. The number of rotatable bonds is 3. The fourth-order valence-electron chi connectivity index (χ4n) is 6.71. The zero-order valence-electron chi connectivity index (χ0n) is 25.0. The minimum atomic E-state index is -1.61. The number of nitriles is 1. The fraction of sp³-hybridized carbons (Fsp3) is 0.314. The SMILES string of the molecule is [2H]C1([2H])CC([2H])(C2CCCCC2)c2ccc(-c3c(C#N)ccc4c3oc3c(-c5cccc[n+]5C)c(C)ccc34)cc21. The van der Waals surface area contributed by atoms with Crippen molar-refractivity contribution in [3.63, 3.8) is 0 Å². The van der Waals surface area contributed by atoms with Crippen LogP contribution in [0.5, 0.6) is 0 Å². The molecule has 2 aromatic heterocycles. The Morgan fingerprint density at radius 3 is 2.53 bits per heavy atom. The topological polar surface area (TPSA) is 40.8 Å². The van der Waals surface area contributed by atoms with Gasteiger partial charge in [-0.3, -0.25) is 0 Å². The second-order valence-corrected chi connectivity index (χ2v) is 10.9. The molecule has 2 heterocycles. The maximum absolute atomic E-state index is 10.2. The molecule has 1 saturated carbocycles. The Kier molecular flexibility index (Phi) is 4.84. The number of aryl methyl sites for hydroxylation is 3. The van der Waals surface area contributed by atoms with Gasteiger partial charge in [-0.05, 0) is 84.8 Å². The summed E-state index contributed by atoms with van der Waals surface area (Å²) in [6.07, 6.45) is 6.00. The van der Waals surface area contributed by atoms with E-state index in [-0.39, 0.29) is 12.3 Å². The van der Waals surface area contributed by atoms with E-state index >= 15 is 0 Å². The monoisotopic (exact) mass is 500 g/mol. The number of pyridine rings is 1. The minimum absolute atomic E-state index is 0.174. The lowest BCUT2D eigenvalue weighted by atomic mass is 9.77. The lowest BCUT2D eigenvalue weighted by molar-refractivity contribution is -0.660. The number of aromatic nitrogens is 1. The normalized spacial score (nSPS) is 22.1. The van der Waals surface area contributed by atoms with Gasteiger partial charge in [0.25, 0.3) is 0 Å². The molecule has 1 fully saturated rings. The van der Waals surface area contributed by atoms with Crippen LogP contribution in [-0.4, -0.2) is 0 Å². The van der Waals surface area contributed by atoms with E-state index in [0.717, 1.165) is 70.0 Å². The molecule has 0 bridgehead atoms. The summed E-state index contributed by atoms with van der Waals surface area (Å²) in [6.45, 7) is 2.08. The Morgan fingerprint density at radius 1 is 0.947 bits per heavy atom. The van der Waals surface area contributed by atoms with Crippen LogP contribution in [-0.2, 0) is 13.4 Å². The first kappa shape index (κ1) is 20.1. The van der Waals surface area contributed by atoms with Crippen LogP contribution in [0, 0.1) is 24.2 Å². The van der Waals surface area contributed by atoms with Gasteiger partial charge in [0.1, 0.15) is 18.2 Å². The summed E-state index contributed by atoms with van der Waals surface area (Å²) >= 11 is 0. The highest BCUT2D eigenvalue weighted by atomic mass is 16.3. The van der Waals surface area contributed by atoms with Gasteiger partial charge in [0.05, 0.1) is 17.2 Å². The molecule has 3 nitrogen and oxygen atoms in total. The number of furan rings is 1. The summed E-state index contributed by atoms with van der Waals surface area (Å²) < 4.78 is 36.2. The zero-order chi connectivity index (χ0) is 28.5. The molecular formula is C35H33N2O+. The smallest absolute Gasteiger partial charge is 0.216 e. The van der Waals surface area contributed by atoms with Crippen LogP contribution < -0.4 is 4.57 Å². The number of hydrogen-bond donors (Lipinski definition) is 0. The summed E-state index contributed by atoms with van der Waals surface area (Å²) in [5, 5.41) is 12.1. The molecule has 5 aromatic rings. The molecule has 7 rings (SSSR count). The zero-order valence-corrected chi connectivity index (χ0v) is 22.0. The van der Waals surface area contributed by atoms with Crippen LogP contribution in [0.25, 0.3) is 44.3 Å². The first-order chi connectivity index (χ1) is 19.7. The molecule has 38 heavy (non-hydrogen) atoms. The highest BCUT2D eigenvalue weighted by Gasteiger charge is 2.31. The lowest BCUT2D eigenvalue weighted by Gasteiger charge is -2.28. The van der Waals surface area contributed by atoms with Crippen molar-refractivity contribution >= 4 is 21.9 Å². The number of benzene rings is 3. The fourth-order valence-corrected chi connectivity index (χ4v) is 6.71. The van der Waals surface area contributed by atoms with Crippen molar-refractivity contribution in [2.75, 3.05) is 0 Å². The van der Waals surface area contributed by atoms with Crippen molar-refractivity contribution in [3.8, 4) is 28.5 Å². The lowest BCUT2D eigenvalue weighted by Crippen LogP contribution is -2.30. The van der Waals surface area contributed by atoms with E-state index in [2.05, 4.69) is 35.8 Å². The average molecular weight is 501 g/mol. The van der Waals surface area contributed by atoms with Gasteiger partial charge in [0.15, 0.2) is 6.20 Å². The molecule has 0 radical (unpaired) electrons. The minimum Gasteiger partial charge on any atom is -0.454 e. The number of nitrogens with zero attached hydrogens (tertiary/aromatic N) is 2. The predicted octanol–water partition coefficient (Wildman–Crippen LogP) is 8.53. The Morgan fingerprint density at radius 2 is 1.74 bits per heavy atom. The van der Waals surface area contributed by atoms with Gasteiger partial charge in [-0.25, -0.2) is 4.57 Å². The number of hydrogen-bond acceptors (Lipinski definition) is 2. The standard InChI is InChI=1S/C35H33N2O/c1-22-11-15-29-30-18-14-26(21-36)33(35(30)38-34(29)32(22)31-10-6-7-19-37(31)2)25-13-17-28-24(20-25)12-16-27(28)23-8-4-3-5-9-23/h6-7,10-11,13-15,17-20,23,27H,3-5,8-9,12,16H2,1-2H3/q+1/i12D2,27D. The van der Waals surface area contributed by atoms with Crippen LogP contribution in [0.2, 0.25) is 0 Å². The highest BCUT2D eigenvalue weighted by molar-refractivity contribution is 6.14. The second-order valence-electron chi connectivity index (χ2n) is 10.9. The third-order valence-corrected chi connectivity index (χ3v) is 8.67. The van der Waals surface area contributed by atoms with E-state index in [9.17, 15) is 6.63 Å². The third-order valence-electron chi connectivity index (χ3n) is 8.67. The largest absolute Gasteiger partial charge is 0.454 e. The van der Waals surface area contributed by atoms with E-state index in [1.54, 1.807) is 0 Å². The van der Waals surface area contributed by atoms with Crippen LogP contribution in [0.4, 0.5) is 0 Å². The molecule has 0 aliphatic heterocycles. The molecule has 0 N–H and O–H groups in total. The van der Waals surface area contributed by atoms with Gasteiger partial charge in [-0.2, -0.15) is 5.26 Å². The van der Waals surface area contributed by atoms with Crippen molar-refractivity contribution in [3.05, 3.63) is 89.1 Å². The maximum atomic E-state index is 10.2. The van der Waals surface area contributed by atoms with Crippen molar-refractivity contribution in [1.82, 2.24) is 0 Å². The summed E-state index contributed by atoms with van der Waals surface area (Å²) in [5.74, 6) is -0.744. The average Bonchev–Trinajstić information content (AvgIpc) is 3.45. The van der Waals surface area contributed by atoms with Gasteiger partial charge in [-0.15, -0.1) is 0 Å². The van der Waals surface area contributed by atoms with Crippen LogP contribution in [0.3, 0.4) is 0 Å². The van der Waals surface area contributed by atoms with Crippen molar-refractivity contribution in [2.45, 2.75) is 57.7 Å². The van der Waals surface area contributed by atoms with Gasteiger partial charge in [0.2, 0.25) is 5.69 Å². The molecule has 188 valence electrons. The second kappa shape index (κ2) is 9.14. The Balaban J connectivity index is 1.46. The molecule has 2 aliphatic carbocycles. The summed E-state index contributed by atoms with van der Waals surface area (Å²) in [6, 6.07) is 22.3. The Hall–Kier alpha value is -3.90. The van der Waals surface area contributed by atoms with E-state index in [1.807, 2.05) is 55.7 Å². The third kappa shape index (κ3) is 3.58. The molecule has 3 aromatic carbocycles. The van der Waals surface area contributed by atoms with Gasteiger partial charge < -0.3 is 4.42 Å². The Bertz CT molecular complexity index is 1890. The van der Waals surface area contributed by atoms with E-state index in [1.165, 1.54) is 6.42 Å². The molecule has 0 amide bonds. The quantitative estimate of drug-likeness (QED) is 0.233. The first-order valence-electron chi connectivity index (χ1n) is 15.2. The van der Waals surface area contributed by atoms with Gasteiger partial charge in [-0.1, -0.05) is 49.6 Å². The molecule has 1 atom stereocenters. The maximum Gasteiger partial charge on any atom is 0.216 e. The molecule has 0 spiro atoms. The Labute approximate surface area is 228 Å². The van der Waals surface area contributed by atoms with Gasteiger partial charge in [0, 0.05) is 32.6 Å². The van der Waals surface area contributed by atoms with E-state index in [0.29, 0.717) is 22.3 Å². The van der Waals surface area contributed by atoms with Crippen molar-refractivity contribution in [2.24, 2.45) is 13.0 Å². The molecule has 2 aliphatic rings. The van der Waals surface area contributed by atoms with Crippen LogP contribution in [0.15, 0.2) is 71.3 Å². The summed E-state index contributed by atoms with van der Waals surface area (Å²) in [4.78, 5) is 0. The van der Waals surface area contributed by atoms with Crippen molar-refractivity contribution < 1.29 is 13.1 Å².